The summed E-state index contributed by atoms with van der Waals surface area (Å²) in [6, 6.07) is 11.5. The number of aryl methyl sites for hydroxylation is 1. The Kier molecular flexibility index (Phi) is 4.00. The predicted molar refractivity (Wildman–Crippen MR) is 100 cm³/mol. The molecule has 1 amide bonds. The van der Waals surface area contributed by atoms with Crippen molar-refractivity contribution in [1.82, 2.24) is 4.98 Å². The van der Waals surface area contributed by atoms with Crippen molar-refractivity contribution in [2.24, 2.45) is 0 Å². The molecule has 28 heavy (non-hydrogen) atoms. The maximum absolute atomic E-state index is 14.5. The number of anilines is 1. The summed E-state index contributed by atoms with van der Waals surface area (Å²) in [4.78, 5) is 19.2. The average Bonchev–Trinajstić information content (AvgIpc) is 3.45. The third-order valence-electron chi connectivity index (χ3n) is 5.27. The van der Waals surface area contributed by atoms with E-state index in [4.69, 9.17) is 4.42 Å². The number of rotatable bonds is 3. The van der Waals surface area contributed by atoms with Crippen LogP contribution < -0.4 is 4.90 Å². The van der Waals surface area contributed by atoms with Gasteiger partial charge in [0.1, 0.15) is 17.4 Å². The van der Waals surface area contributed by atoms with Gasteiger partial charge in [-0.1, -0.05) is 18.2 Å². The van der Waals surface area contributed by atoms with E-state index in [0.717, 1.165) is 24.5 Å². The summed E-state index contributed by atoms with van der Waals surface area (Å²) < 4.78 is 34.1. The second kappa shape index (κ2) is 6.55. The molecule has 1 aliphatic carbocycles. The van der Waals surface area contributed by atoms with E-state index in [1.807, 2.05) is 30.3 Å². The van der Waals surface area contributed by atoms with Gasteiger partial charge in [-0.25, -0.2) is 13.8 Å². The number of oxazole rings is 1. The molecule has 1 aliphatic heterocycles. The predicted octanol–water partition coefficient (Wildman–Crippen LogP) is 5.09. The van der Waals surface area contributed by atoms with E-state index in [9.17, 15) is 13.6 Å². The van der Waals surface area contributed by atoms with Crippen LogP contribution in [0, 0.1) is 11.6 Å². The molecule has 0 atom stereocenters. The van der Waals surface area contributed by atoms with E-state index in [2.05, 4.69) is 4.98 Å². The van der Waals surface area contributed by atoms with Gasteiger partial charge in [0.05, 0.1) is 5.69 Å². The van der Waals surface area contributed by atoms with Gasteiger partial charge >= 0.3 is 0 Å². The molecule has 0 unspecified atom stereocenters. The maximum atomic E-state index is 14.5. The van der Waals surface area contributed by atoms with Gasteiger partial charge in [0.2, 0.25) is 5.89 Å². The van der Waals surface area contributed by atoms with Crippen molar-refractivity contribution >= 4 is 11.6 Å². The van der Waals surface area contributed by atoms with Crippen LogP contribution in [-0.2, 0) is 6.42 Å². The first kappa shape index (κ1) is 17.1. The van der Waals surface area contributed by atoms with Crippen LogP contribution >= 0.6 is 0 Å². The van der Waals surface area contributed by atoms with Gasteiger partial charge in [-0.05, 0) is 49.4 Å². The zero-order chi connectivity index (χ0) is 19.3. The molecule has 6 heteroatoms. The minimum absolute atomic E-state index is 0.156. The minimum atomic E-state index is -0.720. The van der Waals surface area contributed by atoms with E-state index in [1.54, 1.807) is 0 Å². The van der Waals surface area contributed by atoms with Crippen LogP contribution in [0.3, 0.4) is 0 Å². The standard InChI is InChI=1S/C22H18F2N2O2/c23-16-11-15-7-4-10-26(19(15)17(24)12-16)22(27)18-20(13-8-9-13)28-21(25-18)14-5-2-1-3-6-14/h1-3,5-6,11-13H,4,7-10H2. The van der Waals surface area contributed by atoms with E-state index in [0.29, 0.717) is 36.6 Å². The van der Waals surface area contributed by atoms with Crippen LogP contribution in [0.15, 0.2) is 46.9 Å². The fourth-order valence-corrected chi connectivity index (χ4v) is 3.79. The lowest BCUT2D eigenvalue weighted by Crippen LogP contribution is -2.37. The summed E-state index contributed by atoms with van der Waals surface area (Å²) in [6.07, 6.45) is 3.07. The van der Waals surface area contributed by atoms with Crippen molar-refractivity contribution < 1.29 is 18.0 Å². The molecule has 0 N–H and O–H groups in total. The molecule has 2 aromatic carbocycles. The second-order valence-corrected chi connectivity index (χ2v) is 7.33. The molecule has 142 valence electrons. The Balaban J connectivity index is 1.58. The summed E-state index contributed by atoms with van der Waals surface area (Å²) in [5, 5.41) is 0. The van der Waals surface area contributed by atoms with Crippen LogP contribution in [-0.4, -0.2) is 17.4 Å². The Morgan fingerprint density at radius 1 is 1.14 bits per heavy atom. The van der Waals surface area contributed by atoms with E-state index < -0.39 is 11.6 Å². The molecule has 0 spiro atoms. The Hall–Kier alpha value is -3.02. The van der Waals surface area contributed by atoms with Gasteiger partial charge in [-0.3, -0.25) is 4.79 Å². The first-order valence-corrected chi connectivity index (χ1v) is 9.48. The molecule has 5 rings (SSSR count). The van der Waals surface area contributed by atoms with Crippen LogP contribution in [0.2, 0.25) is 0 Å². The Labute approximate surface area is 160 Å². The fourth-order valence-electron chi connectivity index (χ4n) is 3.79. The zero-order valence-corrected chi connectivity index (χ0v) is 15.1. The number of fused-ring (bicyclic) bond motifs is 1. The molecular formula is C22H18F2N2O2. The summed E-state index contributed by atoms with van der Waals surface area (Å²) in [5.41, 5.74) is 1.69. The van der Waals surface area contributed by atoms with Crippen molar-refractivity contribution in [2.45, 2.75) is 31.6 Å². The molecule has 2 aliphatic rings. The molecule has 3 aromatic rings. The highest BCUT2D eigenvalue weighted by atomic mass is 19.1. The molecule has 1 aromatic heterocycles. The lowest BCUT2D eigenvalue weighted by Gasteiger charge is -2.29. The molecule has 1 saturated carbocycles. The summed E-state index contributed by atoms with van der Waals surface area (Å²) in [5.74, 6) is -0.605. The van der Waals surface area contributed by atoms with Gasteiger partial charge in [0.15, 0.2) is 5.69 Å². The van der Waals surface area contributed by atoms with Gasteiger partial charge in [-0.2, -0.15) is 0 Å². The van der Waals surface area contributed by atoms with Crippen molar-refractivity contribution in [3.8, 4) is 11.5 Å². The monoisotopic (exact) mass is 380 g/mol. The number of nitrogens with zero attached hydrogens (tertiary/aromatic N) is 2. The Morgan fingerprint density at radius 3 is 2.68 bits per heavy atom. The highest BCUT2D eigenvalue weighted by molar-refractivity contribution is 6.06. The summed E-state index contributed by atoms with van der Waals surface area (Å²) in [6.45, 7) is 0.367. The van der Waals surface area contributed by atoms with Crippen molar-refractivity contribution in [2.75, 3.05) is 11.4 Å². The smallest absolute Gasteiger partial charge is 0.280 e. The molecule has 0 saturated heterocycles. The lowest BCUT2D eigenvalue weighted by atomic mass is 10.0. The molecule has 4 nitrogen and oxygen atoms in total. The van der Waals surface area contributed by atoms with Gasteiger partial charge in [0.25, 0.3) is 5.91 Å². The minimum Gasteiger partial charge on any atom is -0.440 e. The Bertz CT molecular complexity index is 1060. The lowest BCUT2D eigenvalue weighted by molar-refractivity contribution is 0.0978. The molecule has 0 bridgehead atoms. The number of hydrogen-bond acceptors (Lipinski definition) is 3. The number of benzene rings is 2. The van der Waals surface area contributed by atoms with Crippen LogP contribution in [0.1, 0.15) is 47.0 Å². The maximum Gasteiger partial charge on any atom is 0.280 e. The number of carbonyl (C=O) groups is 1. The molecule has 2 heterocycles. The third kappa shape index (κ3) is 2.89. The van der Waals surface area contributed by atoms with Crippen molar-refractivity contribution in [1.29, 1.82) is 0 Å². The molecular weight excluding hydrogens is 362 g/mol. The number of hydrogen-bond donors (Lipinski definition) is 0. The number of carbonyl (C=O) groups excluding carboxylic acids is 1. The van der Waals surface area contributed by atoms with Crippen molar-refractivity contribution in [3.05, 3.63) is 71.1 Å². The van der Waals surface area contributed by atoms with Gasteiger partial charge < -0.3 is 9.32 Å². The largest absolute Gasteiger partial charge is 0.440 e. The van der Waals surface area contributed by atoms with Crippen LogP contribution in [0.5, 0.6) is 0 Å². The van der Waals surface area contributed by atoms with E-state index in [1.165, 1.54) is 11.0 Å². The van der Waals surface area contributed by atoms with E-state index >= 15 is 0 Å². The number of halogens is 2. The molecule has 0 radical (unpaired) electrons. The fraction of sp³-hybridized carbons (Fsp3) is 0.273. The number of amides is 1. The van der Waals surface area contributed by atoms with Crippen LogP contribution in [0.4, 0.5) is 14.5 Å². The molecule has 1 fully saturated rings. The SMILES string of the molecule is O=C(c1nc(-c2ccccc2)oc1C1CC1)N1CCCc2cc(F)cc(F)c21. The average molecular weight is 380 g/mol. The highest BCUT2D eigenvalue weighted by Gasteiger charge is 2.37. The summed E-state index contributed by atoms with van der Waals surface area (Å²) >= 11 is 0. The highest BCUT2D eigenvalue weighted by Crippen LogP contribution is 2.44. The summed E-state index contributed by atoms with van der Waals surface area (Å²) in [7, 11) is 0. The second-order valence-electron chi connectivity index (χ2n) is 7.33. The van der Waals surface area contributed by atoms with Gasteiger partial charge in [-0.15, -0.1) is 0 Å². The topological polar surface area (TPSA) is 46.3 Å². The van der Waals surface area contributed by atoms with Gasteiger partial charge in [0, 0.05) is 24.1 Å². The Morgan fingerprint density at radius 2 is 1.93 bits per heavy atom. The third-order valence-corrected chi connectivity index (χ3v) is 5.27. The first-order chi connectivity index (χ1) is 13.6. The van der Waals surface area contributed by atoms with E-state index in [-0.39, 0.29) is 23.2 Å². The first-order valence-electron chi connectivity index (χ1n) is 9.48. The van der Waals surface area contributed by atoms with Crippen LogP contribution in [0.25, 0.3) is 11.5 Å². The normalized spacial score (nSPS) is 16.1. The van der Waals surface area contributed by atoms with Crippen molar-refractivity contribution in [3.63, 3.8) is 0 Å². The number of aromatic nitrogens is 1. The zero-order valence-electron chi connectivity index (χ0n) is 15.1. The quantitative estimate of drug-likeness (QED) is 0.636.